The summed E-state index contributed by atoms with van der Waals surface area (Å²) in [5.41, 5.74) is 3.54. The van der Waals surface area contributed by atoms with Gasteiger partial charge in [0.15, 0.2) is 0 Å². The number of ketones is 1. The predicted octanol–water partition coefficient (Wildman–Crippen LogP) is 4.73. The number of amides is 1. The van der Waals surface area contributed by atoms with Crippen molar-refractivity contribution in [3.8, 4) is 5.75 Å². The molecule has 1 amide bonds. The van der Waals surface area contributed by atoms with Crippen LogP contribution in [0.2, 0.25) is 0 Å². The van der Waals surface area contributed by atoms with Gasteiger partial charge in [-0.15, -0.1) is 0 Å². The van der Waals surface area contributed by atoms with Crippen molar-refractivity contribution in [2.75, 3.05) is 34.3 Å². The van der Waals surface area contributed by atoms with Gasteiger partial charge in [0.25, 0.3) is 11.7 Å². The van der Waals surface area contributed by atoms with Gasteiger partial charge in [0.05, 0.1) is 24.3 Å². The van der Waals surface area contributed by atoms with Crippen LogP contribution in [0.3, 0.4) is 0 Å². The van der Waals surface area contributed by atoms with Gasteiger partial charge in [-0.05, 0) is 81.5 Å². The van der Waals surface area contributed by atoms with Crippen molar-refractivity contribution in [1.29, 1.82) is 0 Å². The van der Waals surface area contributed by atoms with E-state index >= 15 is 0 Å². The molecule has 0 aromatic heterocycles. The third-order valence-corrected chi connectivity index (χ3v) is 6.81. The highest BCUT2D eigenvalue weighted by molar-refractivity contribution is 6.46. The molecule has 1 aliphatic rings. The Hall–Kier alpha value is -4.43. The van der Waals surface area contributed by atoms with Crippen molar-refractivity contribution in [3.63, 3.8) is 0 Å². The molecule has 1 heterocycles. The second-order valence-corrected chi connectivity index (χ2v) is 10.1. The molecule has 0 unspecified atom stereocenters. The summed E-state index contributed by atoms with van der Waals surface area (Å²) in [6.07, 6.45) is 0.643. The number of likely N-dealkylation sites (tertiary alicyclic amines) is 1. The van der Waals surface area contributed by atoms with E-state index in [1.807, 2.05) is 44.1 Å². The lowest BCUT2D eigenvalue weighted by Gasteiger charge is -2.26. The SMILES string of the molecule is COC(=O)c1ccc([C@@H]2C(=C(O)c3ccc(OCc4cccc(C)c4)cc3)C(=O)C(=O)N2CCCN(C)C)cc1. The number of nitrogens with zero attached hydrogens (tertiary/aromatic N) is 2. The van der Waals surface area contributed by atoms with Gasteiger partial charge in [-0.3, -0.25) is 9.59 Å². The summed E-state index contributed by atoms with van der Waals surface area (Å²) < 4.78 is 10.7. The van der Waals surface area contributed by atoms with E-state index in [-0.39, 0.29) is 11.3 Å². The molecule has 1 fully saturated rings. The molecule has 1 aliphatic heterocycles. The second-order valence-electron chi connectivity index (χ2n) is 10.1. The maximum absolute atomic E-state index is 13.3. The summed E-state index contributed by atoms with van der Waals surface area (Å²) in [7, 11) is 5.17. The van der Waals surface area contributed by atoms with Crippen LogP contribution >= 0.6 is 0 Å². The molecular formula is C32H34N2O6. The summed E-state index contributed by atoms with van der Waals surface area (Å²) in [5, 5.41) is 11.3. The molecule has 4 rings (SSSR count). The van der Waals surface area contributed by atoms with Crippen molar-refractivity contribution in [1.82, 2.24) is 9.80 Å². The number of methoxy groups -OCH3 is 1. The smallest absolute Gasteiger partial charge is 0.337 e. The van der Waals surface area contributed by atoms with Gasteiger partial charge in [-0.25, -0.2) is 4.79 Å². The van der Waals surface area contributed by atoms with Crippen LogP contribution in [0.1, 0.15) is 45.1 Å². The first-order valence-corrected chi connectivity index (χ1v) is 13.1. The fraction of sp³-hybridized carbons (Fsp3) is 0.281. The fourth-order valence-corrected chi connectivity index (χ4v) is 4.77. The molecule has 0 spiro atoms. The third kappa shape index (κ3) is 6.40. The maximum Gasteiger partial charge on any atom is 0.337 e. The average Bonchev–Trinajstić information content (AvgIpc) is 3.20. The van der Waals surface area contributed by atoms with Crippen LogP contribution in [0.25, 0.3) is 5.76 Å². The summed E-state index contributed by atoms with van der Waals surface area (Å²) in [6, 6.07) is 20.5. The number of carbonyl (C=O) groups excluding carboxylic acids is 3. The van der Waals surface area contributed by atoms with Crippen LogP contribution in [0.4, 0.5) is 0 Å². The van der Waals surface area contributed by atoms with Gasteiger partial charge >= 0.3 is 5.97 Å². The van der Waals surface area contributed by atoms with Crippen molar-refractivity contribution in [2.24, 2.45) is 0 Å². The van der Waals surface area contributed by atoms with Crippen molar-refractivity contribution < 1.29 is 29.0 Å². The average molecular weight is 543 g/mol. The predicted molar refractivity (Wildman–Crippen MR) is 152 cm³/mol. The highest BCUT2D eigenvalue weighted by atomic mass is 16.5. The lowest BCUT2D eigenvalue weighted by Crippen LogP contribution is -2.32. The maximum atomic E-state index is 13.3. The molecule has 1 N–H and O–H groups in total. The topological polar surface area (TPSA) is 96.4 Å². The number of rotatable bonds is 10. The quantitative estimate of drug-likeness (QED) is 0.171. The largest absolute Gasteiger partial charge is 0.507 e. The number of Topliss-reactive ketones (excluding diaryl/α,β-unsaturated/α-hetero) is 1. The summed E-state index contributed by atoms with van der Waals surface area (Å²) in [4.78, 5) is 41.9. The van der Waals surface area contributed by atoms with Crippen LogP contribution in [-0.4, -0.2) is 66.9 Å². The summed E-state index contributed by atoms with van der Waals surface area (Å²) in [6.45, 7) is 3.47. The van der Waals surface area contributed by atoms with E-state index in [0.29, 0.717) is 42.0 Å². The monoisotopic (exact) mass is 542 g/mol. The highest BCUT2D eigenvalue weighted by Crippen LogP contribution is 2.39. The minimum absolute atomic E-state index is 0.00843. The van der Waals surface area contributed by atoms with Gasteiger partial charge in [-0.2, -0.15) is 0 Å². The molecular weight excluding hydrogens is 508 g/mol. The van der Waals surface area contributed by atoms with E-state index in [4.69, 9.17) is 9.47 Å². The van der Waals surface area contributed by atoms with Gasteiger partial charge in [0, 0.05) is 12.1 Å². The molecule has 0 aliphatic carbocycles. The summed E-state index contributed by atoms with van der Waals surface area (Å²) >= 11 is 0. The number of hydrogen-bond acceptors (Lipinski definition) is 7. The molecule has 8 heteroatoms. The van der Waals surface area contributed by atoms with Gasteiger partial charge in [-0.1, -0.05) is 42.0 Å². The van der Waals surface area contributed by atoms with E-state index in [0.717, 1.165) is 17.7 Å². The number of benzene rings is 3. The Morgan fingerprint density at radius 3 is 2.27 bits per heavy atom. The Morgan fingerprint density at radius 1 is 0.975 bits per heavy atom. The first-order chi connectivity index (χ1) is 19.2. The summed E-state index contributed by atoms with van der Waals surface area (Å²) in [5.74, 6) is -1.56. The minimum atomic E-state index is -0.800. The Kier molecular flexibility index (Phi) is 9.01. The first kappa shape index (κ1) is 28.6. The minimum Gasteiger partial charge on any atom is -0.507 e. The van der Waals surface area contributed by atoms with Crippen molar-refractivity contribution in [2.45, 2.75) is 26.0 Å². The zero-order valence-electron chi connectivity index (χ0n) is 23.2. The Bertz CT molecular complexity index is 1410. The van der Waals surface area contributed by atoms with Crippen LogP contribution in [0, 0.1) is 6.92 Å². The van der Waals surface area contributed by atoms with E-state index in [1.54, 1.807) is 48.5 Å². The van der Waals surface area contributed by atoms with E-state index in [1.165, 1.54) is 12.0 Å². The van der Waals surface area contributed by atoms with Crippen LogP contribution in [-0.2, 0) is 20.9 Å². The molecule has 0 bridgehead atoms. The molecule has 40 heavy (non-hydrogen) atoms. The molecule has 0 radical (unpaired) electrons. The number of ether oxygens (including phenoxy) is 2. The molecule has 1 atom stereocenters. The lowest BCUT2D eigenvalue weighted by atomic mass is 9.94. The number of carbonyl (C=O) groups is 3. The Morgan fingerprint density at radius 2 is 1.65 bits per heavy atom. The molecule has 1 saturated heterocycles. The second kappa shape index (κ2) is 12.6. The van der Waals surface area contributed by atoms with Crippen molar-refractivity contribution in [3.05, 3.63) is 106 Å². The number of aliphatic hydroxyl groups excluding tert-OH is 1. The fourth-order valence-electron chi connectivity index (χ4n) is 4.77. The van der Waals surface area contributed by atoms with Crippen molar-refractivity contribution >= 4 is 23.4 Å². The Balaban J connectivity index is 1.64. The van der Waals surface area contributed by atoms with Crippen LogP contribution in [0.15, 0.2) is 78.4 Å². The zero-order valence-corrected chi connectivity index (χ0v) is 23.2. The number of hydrogen-bond donors (Lipinski definition) is 1. The van der Waals surface area contributed by atoms with Gasteiger partial charge in [0.2, 0.25) is 0 Å². The molecule has 0 saturated carbocycles. The van der Waals surface area contributed by atoms with Gasteiger partial charge < -0.3 is 24.4 Å². The Labute approximate surface area is 234 Å². The lowest BCUT2D eigenvalue weighted by molar-refractivity contribution is -0.139. The number of aliphatic hydroxyl groups is 1. The van der Waals surface area contributed by atoms with Crippen LogP contribution in [0.5, 0.6) is 5.75 Å². The third-order valence-electron chi connectivity index (χ3n) is 6.81. The molecule has 3 aromatic carbocycles. The van der Waals surface area contributed by atoms with E-state index in [9.17, 15) is 19.5 Å². The molecule has 8 nitrogen and oxygen atoms in total. The highest BCUT2D eigenvalue weighted by Gasteiger charge is 2.45. The first-order valence-electron chi connectivity index (χ1n) is 13.1. The van der Waals surface area contributed by atoms with E-state index < -0.39 is 23.7 Å². The normalized spacial score (nSPS) is 16.4. The van der Waals surface area contributed by atoms with Crippen LogP contribution < -0.4 is 4.74 Å². The number of aryl methyl sites for hydroxylation is 1. The standard InChI is InChI=1S/C32H34N2O6/c1-21-7-5-8-22(19-21)20-40-26-15-13-24(14-16-26)29(35)27-28(23-9-11-25(12-10-23)32(38)39-4)34(31(37)30(27)36)18-6-17-33(2)3/h5,7-16,19,28,35H,6,17-18,20H2,1-4H3/t28-/m1/s1. The number of esters is 1. The zero-order chi connectivity index (χ0) is 28.8. The molecule has 3 aromatic rings. The van der Waals surface area contributed by atoms with Gasteiger partial charge in [0.1, 0.15) is 18.1 Å². The molecule has 208 valence electrons. The van der Waals surface area contributed by atoms with E-state index in [2.05, 4.69) is 6.07 Å².